The quantitative estimate of drug-likeness (QED) is 0.894. The van der Waals surface area contributed by atoms with E-state index in [1.54, 1.807) is 11.0 Å². The molecule has 2 fully saturated rings. The summed E-state index contributed by atoms with van der Waals surface area (Å²) in [6.45, 7) is 1.08. The molecule has 0 spiro atoms. The van der Waals surface area contributed by atoms with Crippen molar-refractivity contribution in [3.05, 3.63) is 22.6 Å². The Morgan fingerprint density at radius 2 is 2.20 bits per heavy atom. The van der Waals surface area contributed by atoms with Crippen molar-refractivity contribution >= 4 is 27.7 Å². The predicted octanol–water partition coefficient (Wildman–Crippen LogP) is 1.16. The van der Waals surface area contributed by atoms with Gasteiger partial charge in [0.25, 0.3) is 5.91 Å². The molecule has 108 valence electrons. The van der Waals surface area contributed by atoms with E-state index in [1.165, 1.54) is 6.26 Å². The Kier molecular flexibility index (Phi) is 3.80. The number of furan rings is 1. The second-order valence-electron chi connectivity index (χ2n) is 4.98. The van der Waals surface area contributed by atoms with Crippen LogP contribution >= 0.6 is 15.9 Å². The van der Waals surface area contributed by atoms with E-state index in [9.17, 15) is 9.59 Å². The van der Waals surface area contributed by atoms with E-state index >= 15 is 0 Å². The molecule has 0 aromatic carbocycles. The third kappa shape index (κ3) is 2.73. The fourth-order valence-corrected chi connectivity index (χ4v) is 2.60. The summed E-state index contributed by atoms with van der Waals surface area (Å²) in [6, 6.07) is 1.29. The zero-order valence-corrected chi connectivity index (χ0v) is 12.4. The van der Waals surface area contributed by atoms with E-state index in [-0.39, 0.29) is 24.5 Å². The Morgan fingerprint density at radius 1 is 1.40 bits per heavy atom. The van der Waals surface area contributed by atoms with Gasteiger partial charge in [0.05, 0.1) is 25.0 Å². The molecule has 1 unspecified atom stereocenters. The number of morpholine rings is 1. The van der Waals surface area contributed by atoms with Crippen LogP contribution in [-0.2, 0) is 9.53 Å². The van der Waals surface area contributed by atoms with Crippen molar-refractivity contribution in [2.45, 2.75) is 24.9 Å². The zero-order valence-electron chi connectivity index (χ0n) is 10.8. The van der Waals surface area contributed by atoms with Gasteiger partial charge in [0.1, 0.15) is 6.04 Å². The van der Waals surface area contributed by atoms with Crippen molar-refractivity contribution < 1.29 is 18.7 Å². The highest BCUT2D eigenvalue weighted by molar-refractivity contribution is 9.10. The van der Waals surface area contributed by atoms with Gasteiger partial charge in [-0.25, -0.2) is 0 Å². The fourth-order valence-electron chi connectivity index (χ4n) is 2.19. The lowest BCUT2D eigenvalue weighted by Gasteiger charge is -2.34. The Bertz CT molecular complexity index is 526. The van der Waals surface area contributed by atoms with Gasteiger partial charge in [-0.3, -0.25) is 9.59 Å². The van der Waals surface area contributed by atoms with Crippen molar-refractivity contribution in [2.75, 3.05) is 19.8 Å². The van der Waals surface area contributed by atoms with Crippen LogP contribution < -0.4 is 5.32 Å². The van der Waals surface area contributed by atoms with Crippen LogP contribution in [0.2, 0.25) is 0 Å². The van der Waals surface area contributed by atoms with Gasteiger partial charge in [-0.15, -0.1) is 0 Å². The SMILES string of the molecule is O=C(NC1CC1)C1COCCN1C(=O)c1ccoc1Br. The summed E-state index contributed by atoms with van der Waals surface area (Å²) >= 11 is 3.19. The lowest BCUT2D eigenvalue weighted by atomic mass is 10.1. The van der Waals surface area contributed by atoms with Gasteiger partial charge in [-0.05, 0) is 34.8 Å². The van der Waals surface area contributed by atoms with E-state index in [2.05, 4.69) is 21.2 Å². The van der Waals surface area contributed by atoms with Crippen molar-refractivity contribution in [1.29, 1.82) is 0 Å². The van der Waals surface area contributed by atoms with Gasteiger partial charge < -0.3 is 19.4 Å². The van der Waals surface area contributed by atoms with Crippen molar-refractivity contribution in [3.8, 4) is 0 Å². The molecule has 0 bridgehead atoms. The number of carbonyl (C=O) groups excluding carboxylic acids is 2. The summed E-state index contributed by atoms with van der Waals surface area (Å²) in [4.78, 5) is 26.2. The molecule has 1 aliphatic carbocycles. The maximum atomic E-state index is 12.5. The number of halogens is 1. The summed E-state index contributed by atoms with van der Waals surface area (Å²) in [6.07, 6.45) is 3.47. The normalized spacial score (nSPS) is 22.6. The molecule has 20 heavy (non-hydrogen) atoms. The molecule has 1 saturated carbocycles. The largest absolute Gasteiger partial charge is 0.457 e. The molecule has 1 atom stereocenters. The lowest BCUT2D eigenvalue weighted by molar-refractivity contribution is -0.130. The summed E-state index contributed by atoms with van der Waals surface area (Å²) < 4.78 is 10.8. The molecule has 3 rings (SSSR count). The summed E-state index contributed by atoms with van der Waals surface area (Å²) in [7, 11) is 0. The molecule has 6 nitrogen and oxygen atoms in total. The number of rotatable bonds is 3. The number of ether oxygens (including phenoxy) is 1. The topological polar surface area (TPSA) is 71.8 Å². The molecular weight excluding hydrogens is 328 g/mol. The molecule has 2 aliphatic rings. The van der Waals surface area contributed by atoms with Gasteiger partial charge in [0.2, 0.25) is 5.91 Å². The van der Waals surface area contributed by atoms with Crippen LogP contribution in [0.1, 0.15) is 23.2 Å². The molecule has 2 heterocycles. The van der Waals surface area contributed by atoms with E-state index in [4.69, 9.17) is 9.15 Å². The minimum atomic E-state index is -0.571. The summed E-state index contributed by atoms with van der Waals surface area (Å²) in [5.41, 5.74) is 0.427. The molecular formula is C13H15BrN2O4. The Balaban J connectivity index is 1.75. The Morgan fingerprint density at radius 3 is 2.85 bits per heavy atom. The summed E-state index contributed by atoms with van der Waals surface area (Å²) in [5.74, 6) is -0.356. The molecule has 2 amide bonds. The third-order valence-corrected chi connectivity index (χ3v) is 4.08. The van der Waals surface area contributed by atoms with Crippen LogP contribution in [0.5, 0.6) is 0 Å². The van der Waals surface area contributed by atoms with Crippen LogP contribution in [0.25, 0.3) is 0 Å². The standard InChI is InChI=1S/C13H15BrN2O4/c14-11-9(3-5-20-11)13(18)16-4-6-19-7-10(16)12(17)15-8-1-2-8/h3,5,8,10H,1-2,4,6-7H2,(H,15,17). The van der Waals surface area contributed by atoms with Gasteiger partial charge >= 0.3 is 0 Å². The first-order valence-electron chi connectivity index (χ1n) is 6.59. The van der Waals surface area contributed by atoms with Crippen LogP contribution in [0.4, 0.5) is 0 Å². The summed E-state index contributed by atoms with van der Waals surface area (Å²) in [5, 5.41) is 2.92. The monoisotopic (exact) mass is 342 g/mol. The molecule has 1 N–H and O–H groups in total. The lowest BCUT2D eigenvalue weighted by Crippen LogP contribution is -2.56. The minimum Gasteiger partial charge on any atom is -0.457 e. The molecule has 1 aromatic heterocycles. The van der Waals surface area contributed by atoms with E-state index in [1.807, 2.05) is 0 Å². The van der Waals surface area contributed by atoms with Crippen LogP contribution in [-0.4, -0.2) is 48.6 Å². The van der Waals surface area contributed by atoms with E-state index < -0.39 is 6.04 Å². The van der Waals surface area contributed by atoms with Gasteiger partial charge in [0, 0.05) is 12.6 Å². The average molecular weight is 343 g/mol. The van der Waals surface area contributed by atoms with Crippen LogP contribution in [0, 0.1) is 0 Å². The molecule has 1 aliphatic heterocycles. The Labute approximate surface area is 124 Å². The average Bonchev–Trinajstić information content (AvgIpc) is 3.17. The van der Waals surface area contributed by atoms with E-state index in [0.29, 0.717) is 23.4 Å². The maximum absolute atomic E-state index is 12.5. The van der Waals surface area contributed by atoms with Crippen molar-refractivity contribution in [2.24, 2.45) is 0 Å². The number of nitrogens with one attached hydrogen (secondary N) is 1. The number of hydrogen-bond acceptors (Lipinski definition) is 4. The smallest absolute Gasteiger partial charge is 0.259 e. The van der Waals surface area contributed by atoms with Crippen LogP contribution in [0.3, 0.4) is 0 Å². The second kappa shape index (κ2) is 5.57. The minimum absolute atomic E-state index is 0.139. The van der Waals surface area contributed by atoms with Crippen molar-refractivity contribution in [3.63, 3.8) is 0 Å². The van der Waals surface area contributed by atoms with Crippen molar-refractivity contribution in [1.82, 2.24) is 10.2 Å². The predicted molar refractivity (Wildman–Crippen MR) is 73.2 cm³/mol. The third-order valence-electron chi connectivity index (χ3n) is 3.46. The molecule has 1 saturated heterocycles. The highest BCUT2D eigenvalue weighted by Gasteiger charge is 2.36. The fraction of sp³-hybridized carbons (Fsp3) is 0.538. The first-order valence-corrected chi connectivity index (χ1v) is 7.38. The maximum Gasteiger partial charge on any atom is 0.259 e. The number of carbonyl (C=O) groups is 2. The highest BCUT2D eigenvalue weighted by atomic mass is 79.9. The zero-order chi connectivity index (χ0) is 14.1. The highest BCUT2D eigenvalue weighted by Crippen LogP contribution is 2.23. The van der Waals surface area contributed by atoms with Gasteiger partial charge in [0.15, 0.2) is 4.67 Å². The number of hydrogen-bond donors (Lipinski definition) is 1. The number of amides is 2. The molecule has 0 radical (unpaired) electrons. The molecule has 1 aromatic rings. The van der Waals surface area contributed by atoms with E-state index in [0.717, 1.165) is 12.8 Å². The first kappa shape index (κ1) is 13.6. The second-order valence-corrected chi connectivity index (χ2v) is 5.70. The van der Waals surface area contributed by atoms with Gasteiger partial charge in [-0.2, -0.15) is 0 Å². The number of nitrogens with zero attached hydrogens (tertiary/aromatic N) is 1. The first-order chi connectivity index (χ1) is 9.66. The van der Waals surface area contributed by atoms with Gasteiger partial charge in [-0.1, -0.05) is 0 Å². The molecule has 7 heteroatoms. The Hall–Kier alpha value is -1.34. The van der Waals surface area contributed by atoms with Crippen LogP contribution in [0.15, 0.2) is 21.4 Å².